The summed E-state index contributed by atoms with van der Waals surface area (Å²) < 4.78 is 0. The van der Waals surface area contributed by atoms with E-state index in [0.717, 1.165) is 17.7 Å². The molecule has 2 atom stereocenters. The summed E-state index contributed by atoms with van der Waals surface area (Å²) in [7, 11) is 0. The summed E-state index contributed by atoms with van der Waals surface area (Å²) in [6, 6.07) is 11.4. The van der Waals surface area contributed by atoms with Crippen LogP contribution >= 0.6 is 0 Å². The number of likely N-dealkylation sites (tertiary alicyclic amines) is 1. The van der Waals surface area contributed by atoms with Gasteiger partial charge in [0.1, 0.15) is 5.69 Å². The molecule has 2 unspecified atom stereocenters. The van der Waals surface area contributed by atoms with Crippen molar-refractivity contribution in [3.05, 3.63) is 42.1 Å². The van der Waals surface area contributed by atoms with Gasteiger partial charge in [-0.05, 0) is 18.4 Å². The summed E-state index contributed by atoms with van der Waals surface area (Å²) in [6.07, 6.45) is 0.927. The van der Waals surface area contributed by atoms with Crippen molar-refractivity contribution in [2.45, 2.75) is 19.4 Å². The minimum absolute atomic E-state index is 0.00653. The monoisotopic (exact) mass is 285 g/mol. The Bertz CT molecular complexity index is 623. The Balaban J connectivity index is 1.82. The van der Waals surface area contributed by atoms with Crippen LogP contribution in [0.1, 0.15) is 23.8 Å². The molecule has 0 bridgehead atoms. The highest BCUT2D eigenvalue weighted by molar-refractivity contribution is 5.93. The van der Waals surface area contributed by atoms with Crippen LogP contribution in [0.3, 0.4) is 0 Å². The second-order valence-electron chi connectivity index (χ2n) is 5.55. The van der Waals surface area contributed by atoms with E-state index in [1.165, 1.54) is 0 Å². The molecule has 1 amide bonds. The van der Waals surface area contributed by atoms with Crippen LogP contribution in [-0.2, 0) is 0 Å². The maximum absolute atomic E-state index is 12.6. The Morgan fingerprint density at radius 2 is 2.19 bits per heavy atom. The first-order valence-electron chi connectivity index (χ1n) is 7.23. The Hall–Kier alpha value is -2.14. The number of hydrogen-bond donors (Lipinski definition) is 2. The molecule has 0 saturated carbocycles. The summed E-state index contributed by atoms with van der Waals surface area (Å²) in [5.41, 5.74) is 2.20. The fourth-order valence-electron chi connectivity index (χ4n) is 2.88. The Kier molecular flexibility index (Phi) is 3.75. The molecule has 1 fully saturated rings. The highest BCUT2D eigenvalue weighted by Crippen LogP contribution is 2.26. The number of nitrogens with zero attached hydrogens (tertiary/aromatic N) is 2. The second kappa shape index (κ2) is 5.69. The molecule has 0 radical (unpaired) electrons. The molecule has 0 spiro atoms. The molecule has 21 heavy (non-hydrogen) atoms. The lowest BCUT2D eigenvalue weighted by Gasteiger charge is -2.24. The zero-order valence-corrected chi connectivity index (χ0v) is 12.0. The highest BCUT2D eigenvalue weighted by Gasteiger charge is 2.34. The number of carbonyl (C=O) groups is 1. The molecular formula is C16H19N3O2. The topological polar surface area (TPSA) is 69.2 Å². The number of H-pyrrole nitrogens is 1. The van der Waals surface area contributed by atoms with E-state index in [9.17, 15) is 9.90 Å². The van der Waals surface area contributed by atoms with Gasteiger partial charge in [-0.2, -0.15) is 5.10 Å². The lowest BCUT2D eigenvalue weighted by molar-refractivity contribution is 0.0642. The molecule has 2 N–H and O–H groups in total. The smallest absolute Gasteiger partial charge is 0.272 e. The molecule has 1 aliphatic rings. The van der Waals surface area contributed by atoms with E-state index in [0.29, 0.717) is 18.2 Å². The number of aliphatic hydroxyl groups excluding tert-OH is 1. The van der Waals surface area contributed by atoms with Crippen molar-refractivity contribution in [3.63, 3.8) is 0 Å². The highest BCUT2D eigenvalue weighted by atomic mass is 16.3. The number of aromatic amines is 1. The molecule has 1 aliphatic heterocycles. The summed E-state index contributed by atoms with van der Waals surface area (Å²) in [5, 5.41) is 16.5. The van der Waals surface area contributed by atoms with Crippen molar-refractivity contribution < 1.29 is 9.90 Å². The maximum atomic E-state index is 12.6. The Morgan fingerprint density at radius 3 is 2.90 bits per heavy atom. The number of aromatic nitrogens is 2. The largest absolute Gasteiger partial charge is 0.394 e. The molecule has 1 aromatic carbocycles. The molecule has 5 nitrogen and oxygen atoms in total. The molecular weight excluding hydrogens is 266 g/mol. The average Bonchev–Trinajstić information content (AvgIpc) is 3.14. The Labute approximate surface area is 123 Å². The lowest BCUT2D eigenvalue weighted by Crippen LogP contribution is -2.40. The first-order chi connectivity index (χ1) is 10.2. The van der Waals surface area contributed by atoms with Crippen LogP contribution in [0.4, 0.5) is 0 Å². The average molecular weight is 285 g/mol. The van der Waals surface area contributed by atoms with E-state index < -0.39 is 0 Å². The predicted octanol–water partition coefficient (Wildman–Crippen LogP) is 1.92. The number of rotatable bonds is 3. The van der Waals surface area contributed by atoms with Gasteiger partial charge in [0.2, 0.25) is 0 Å². The van der Waals surface area contributed by atoms with Crippen molar-refractivity contribution in [1.82, 2.24) is 15.1 Å². The lowest BCUT2D eigenvalue weighted by atomic mass is 10.0. The van der Waals surface area contributed by atoms with Crippen LogP contribution < -0.4 is 0 Å². The van der Waals surface area contributed by atoms with E-state index in [1.54, 1.807) is 11.0 Å². The standard InChI is InChI=1S/C16H19N3O2/c1-11-7-8-19(15(11)10-20)16(21)14-9-13(17-18-14)12-5-3-2-4-6-12/h2-6,9,11,15,20H,7-8,10H2,1H3,(H,17,18). The van der Waals surface area contributed by atoms with Gasteiger partial charge < -0.3 is 10.0 Å². The zero-order chi connectivity index (χ0) is 14.8. The van der Waals surface area contributed by atoms with Crippen LogP contribution in [0.2, 0.25) is 0 Å². The quantitative estimate of drug-likeness (QED) is 0.905. The normalized spacial score (nSPS) is 21.7. The van der Waals surface area contributed by atoms with Gasteiger partial charge in [-0.1, -0.05) is 37.3 Å². The van der Waals surface area contributed by atoms with Crippen molar-refractivity contribution >= 4 is 5.91 Å². The van der Waals surface area contributed by atoms with Gasteiger partial charge in [0, 0.05) is 12.1 Å². The molecule has 5 heteroatoms. The third-order valence-electron chi connectivity index (χ3n) is 4.21. The molecule has 2 heterocycles. The minimum Gasteiger partial charge on any atom is -0.394 e. The minimum atomic E-state index is -0.0963. The molecule has 2 aromatic rings. The van der Waals surface area contributed by atoms with Gasteiger partial charge in [-0.25, -0.2) is 0 Å². The van der Waals surface area contributed by atoms with E-state index in [4.69, 9.17) is 0 Å². The number of nitrogens with one attached hydrogen (secondary N) is 1. The van der Waals surface area contributed by atoms with Crippen LogP contribution in [0.5, 0.6) is 0 Å². The number of benzene rings is 1. The van der Waals surface area contributed by atoms with Crippen LogP contribution in [0.15, 0.2) is 36.4 Å². The summed E-state index contributed by atoms with van der Waals surface area (Å²) in [5.74, 6) is 0.239. The van der Waals surface area contributed by atoms with Gasteiger partial charge in [0.05, 0.1) is 18.3 Å². The van der Waals surface area contributed by atoms with Gasteiger partial charge in [0.15, 0.2) is 0 Å². The van der Waals surface area contributed by atoms with Crippen molar-refractivity contribution in [2.75, 3.05) is 13.2 Å². The first-order valence-corrected chi connectivity index (χ1v) is 7.23. The molecule has 1 aromatic heterocycles. The Morgan fingerprint density at radius 1 is 1.43 bits per heavy atom. The summed E-state index contributed by atoms with van der Waals surface area (Å²) >= 11 is 0. The summed E-state index contributed by atoms with van der Waals surface area (Å²) in [4.78, 5) is 14.3. The van der Waals surface area contributed by atoms with Crippen LogP contribution in [-0.4, -0.2) is 45.3 Å². The van der Waals surface area contributed by atoms with E-state index >= 15 is 0 Å². The fraction of sp³-hybridized carbons (Fsp3) is 0.375. The maximum Gasteiger partial charge on any atom is 0.272 e. The van der Waals surface area contributed by atoms with Crippen molar-refractivity contribution in [2.24, 2.45) is 5.92 Å². The van der Waals surface area contributed by atoms with Gasteiger partial charge in [-0.3, -0.25) is 9.89 Å². The van der Waals surface area contributed by atoms with Gasteiger partial charge in [0.25, 0.3) is 5.91 Å². The van der Waals surface area contributed by atoms with Crippen LogP contribution in [0.25, 0.3) is 11.3 Å². The molecule has 1 saturated heterocycles. The third kappa shape index (κ3) is 2.56. The fourth-order valence-corrected chi connectivity index (χ4v) is 2.88. The van der Waals surface area contributed by atoms with Crippen molar-refractivity contribution in [3.8, 4) is 11.3 Å². The van der Waals surface area contributed by atoms with Gasteiger partial charge >= 0.3 is 0 Å². The van der Waals surface area contributed by atoms with E-state index in [-0.39, 0.29) is 18.6 Å². The number of aliphatic hydroxyl groups is 1. The number of amides is 1. The second-order valence-corrected chi connectivity index (χ2v) is 5.55. The number of hydrogen-bond acceptors (Lipinski definition) is 3. The molecule has 0 aliphatic carbocycles. The SMILES string of the molecule is CC1CCN(C(=O)c2cc(-c3ccccc3)n[nH]2)C1CO. The molecule has 3 rings (SSSR count). The zero-order valence-electron chi connectivity index (χ0n) is 12.0. The summed E-state index contributed by atoms with van der Waals surface area (Å²) in [6.45, 7) is 2.76. The van der Waals surface area contributed by atoms with Gasteiger partial charge in [-0.15, -0.1) is 0 Å². The first kappa shape index (κ1) is 13.8. The van der Waals surface area contributed by atoms with E-state index in [2.05, 4.69) is 17.1 Å². The number of carbonyl (C=O) groups excluding carboxylic acids is 1. The van der Waals surface area contributed by atoms with Crippen LogP contribution in [0, 0.1) is 5.92 Å². The molecule has 110 valence electrons. The third-order valence-corrected chi connectivity index (χ3v) is 4.21. The predicted molar refractivity (Wildman–Crippen MR) is 79.7 cm³/mol. The van der Waals surface area contributed by atoms with Crippen molar-refractivity contribution in [1.29, 1.82) is 0 Å². The van der Waals surface area contributed by atoms with E-state index in [1.807, 2.05) is 30.3 Å².